The molecule has 8 heteroatoms. The highest BCUT2D eigenvalue weighted by Crippen LogP contribution is 2.35. The van der Waals surface area contributed by atoms with Crippen LogP contribution in [0.25, 0.3) is 23.0 Å². The predicted octanol–water partition coefficient (Wildman–Crippen LogP) is 4.05. The zero-order chi connectivity index (χ0) is 20.4. The van der Waals surface area contributed by atoms with Crippen molar-refractivity contribution in [3.63, 3.8) is 0 Å². The van der Waals surface area contributed by atoms with Crippen molar-refractivity contribution >= 4 is 40.3 Å². The van der Waals surface area contributed by atoms with Crippen LogP contribution in [0.4, 0.5) is 0 Å². The summed E-state index contributed by atoms with van der Waals surface area (Å²) in [5.41, 5.74) is 3.27. The van der Waals surface area contributed by atoms with E-state index in [0.717, 1.165) is 16.8 Å². The normalized spacial score (nSPS) is 14.9. The molecule has 0 bridgehead atoms. The van der Waals surface area contributed by atoms with Crippen molar-refractivity contribution in [1.82, 2.24) is 15.1 Å². The number of nitrogens with zero attached hydrogens (tertiary/aromatic N) is 2. The van der Waals surface area contributed by atoms with Crippen molar-refractivity contribution in [3.05, 3.63) is 65.2 Å². The number of benzene rings is 2. The molecule has 2 heterocycles. The topological polar surface area (TPSA) is 65.4 Å². The number of amides is 1. The first kappa shape index (κ1) is 19.2. The number of ether oxygens (including phenoxy) is 2. The lowest BCUT2D eigenvalue weighted by Crippen LogP contribution is -2.17. The third-order valence-corrected chi connectivity index (χ3v) is 5.51. The summed E-state index contributed by atoms with van der Waals surface area (Å²) in [6, 6.07) is 15.4. The lowest BCUT2D eigenvalue weighted by Gasteiger charge is -2.09. The molecule has 0 spiro atoms. The Kier molecular flexibility index (Phi) is 5.37. The molecule has 1 N–H and O–H groups in total. The summed E-state index contributed by atoms with van der Waals surface area (Å²) in [5.74, 6) is 1.03. The van der Waals surface area contributed by atoms with Crippen LogP contribution in [0.1, 0.15) is 5.56 Å². The Labute approximate surface area is 177 Å². The third kappa shape index (κ3) is 3.90. The molecule has 1 amide bonds. The molecular formula is C21H17N3O3S2. The number of thioether (sulfide) groups is 1. The van der Waals surface area contributed by atoms with Gasteiger partial charge in [-0.15, -0.1) is 0 Å². The van der Waals surface area contributed by atoms with Crippen LogP contribution in [0.15, 0.2) is 59.6 Å². The molecular weight excluding hydrogens is 406 g/mol. The summed E-state index contributed by atoms with van der Waals surface area (Å²) in [7, 11) is 3.18. The number of hydrogen-bond donors (Lipinski definition) is 1. The van der Waals surface area contributed by atoms with Crippen LogP contribution >= 0.6 is 24.0 Å². The number of nitrogens with one attached hydrogen (secondary N) is 1. The first-order chi connectivity index (χ1) is 14.1. The smallest absolute Gasteiger partial charge is 0.263 e. The van der Waals surface area contributed by atoms with Gasteiger partial charge in [-0.1, -0.05) is 42.2 Å². The lowest BCUT2D eigenvalue weighted by molar-refractivity contribution is -0.115. The van der Waals surface area contributed by atoms with Gasteiger partial charge in [0.15, 0.2) is 11.5 Å². The zero-order valence-corrected chi connectivity index (χ0v) is 17.3. The summed E-state index contributed by atoms with van der Waals surface area (Å²) in [6.45, 7) is 0. The molecule has 1 aromatic heterocycles. The van der Waals surface area contributed by atoms with Crippen molar-refractivity contribution in [2.24, 2.45) is 0 Å². The lowest BCUT2D eigenvalue weighted by atomic mass is 10.1. The first-order valence-corrected chi connectivity index (χ1v) is 9.94. The van der Waals surface area contributed by atoms with Crippen LogP contribution in [-0.4, -0.2) is 34.2 Å². The van der Waals surface area contributed by atoms with Crippen molar-refractivity contribution in [1.29, 1.82) is 0 Å². The van der Waals surface area contributed by atoms with Crippen molar-refractivity contribution in [3.8, 4) is 28.4 Å². The fourth-order valence-electron chi connectivity index (χ4n) is 2.98. The fourth-order valence-corrected chi connectivity index (χ4v) is 4.01. The van der Waals surface area contributed by atoms with Crippen LogP contribution in [0.2, 0.25) is 0 Å². The molecule has 4 rings (SSSR count). The first-order valence-electron chi connectivity index (χ1n) is 8.71. The highest BCUT2D eigenvalue weighted by Gasteiger charge is 2.23. The van der Waals surface area contributed by atoms with E-state index in [1.54, 1.807) is 25.0 Å². The molecule has 3 aromatic rings. The molecule has 146 valence electrons. The average Bonchev–Trinajstić information content (AvgIpc) is 3.31. The Morgan fingerprint density at radius 3 is 2.52 bits per heavy atom. The maximum Gasteiger partial charge on any atom is 0.263 e. The molecule has 1 fully saturated rings. The zero-order valence-electron chi connectivity index (χ0n) is 15.7. The van der Waals surface area contributed by atoms with Crippen LogP contribution in [0.5, 0.6) is 11.5 Å². The Morgan fingerprint density at radius 1 is 1.10 bits per heavy atom. The summed E-state index contributed by atoms with van der Waals surface area (Å²) in [5, 5.41) is 7.41. The Hall–Kier alpha value is -3.10. The van der Waals surface area contributed by atoms with Gasteiger partial charge in [0, 0.05) is 17.3 Å². The number of aromatic nitrogens is 2. The van der Waals surface area contributed by atoms with E-state index in [0.29, 0.717) is 26.4 Å². The van der Waals surface area contributed by atoms with Gasteiger partial charge in [-0.3, -0.25) is 4.79 Å². The monoisotopic (exact) mass is 423 g/mol. The number of carbonyl (C=O) groups excluding carboxylic acids is 1. The molecule has 0 radical (unpaired) electrons. The minimum Gasteiger partial charge on any atom is -0.493 e. The predicted molar refractivity (Wildman–Crippen MR) is 118 cm³/mol. The summed E-state index contributed by atoms with van der Waals surface area (Å²) < 4.78 is 13.0. The third-order valence-electron chi connectivity index (χ3n) is 4.35. The summed E-state index contributed by atoms with van der Waals surface area (Å²) >= 11 is 6.34. The van der Waals surface area contributed by atoms with Crippen molar-refractivity contribution < 1.29 is 14.3 Å². The average molecular weight is 424 g/mol. The quantitative estimate of drug-likeness (QED) is 0.493. The highest BCUT2D eigenvalue weighted by molar-refractivity contribution is 8.26. The van der Waals surface area contributed by atoms with Gasteiger partial charge in [0.2, 0.25) is 0 Å². The van der Waals surface area contributed by atoms with Gasteiger partial charge in [-0.2, -0.15) is 5.10 Å². The Morgan fingerprint density at radius 2 is 1.86 bits per heavy atom. The van der Waals surface area contributed by atoms with E-state index >= 15 is 0 Å². The van der Waals surface area contributed by atoms with Crippen LogP contribution in [-0.2, 0) is 4.79 Å². The van der Waals surface area contributed by atoms with E-state index in [-0.39, 0.29) is 5.91 Å². The maximum atomic E-state index is 12.1. The SMILES string of the molecule is COc1ccc(-c2nn(-c3ccccc3)cc2/C=C2/SC(=S)NC2=O)cc1OC. The minimum atomic E-state index is -0.203. The second kappa shape index (κ2) is 8.10. The number of rotatable bonds is 5. The van der Waals surface area contributed by atoms with Gasteiger partial charge >= 0.3 is 0 Å². The number of methoxy groups -OCH3 is 2. The van der Waals surface area contributed by atoms with E-state index in [9.17, 15) is 4.79 Å². The number of para-hydroxylation sites is 1. The van der Waals surface area contributed by atoms with Gasteiger partial charge in [0.25, 0.3) is 5.91 Å². The van der Waals surface area contributed by atoms with Gasteiger partial charge in [0.1, 0.15) is 10.0 Å². The molecule has 6 nitrogen and oxygen atoms in total. The van der Waals surface area contributed by atoms with E-state index in [1.807, 2.05) is 54.7 Å². The van der Waals surface area contributed by atoms with E-state index in [2.05, 4.69) is 5.32 Å². The molecule has 1 aliphatic heterocycles. The molecule has 0 aliphatic carbocycles. The molecule has 1 aliphatic rings. The van der Waals surface area contributed by atoms with Crippen molar-refractivity contribution in [2.45, 2.75) is 0 Å². The second-order valence-corrected chi connectivity index (χ2v) is 7.85. The van der Waals surface area contributed by atoms with E-state index < -0.39 is 0 Å². The minimum absolute atomic E-state index is 0.203. The summed E-state index contributed by atoms with van der Waals surface area (Å²) in [4.78, 5) is 12.7. The van der Waals surface area contributed by atoms with E-state index in [1.165, 1.54) is 11.8 Å². The van der Waals surface area contributed by atoms with Gasteiger partial charge in [0.05, 0.1) is 24.8 Å². The van der Waals surface area contributed by atoms with Crippen LogP contribution in [0.3, 0.4) is 0 Å². The molecule has 0 saturated carbocycles. The number of hydrogen-bond acceptors (Lipinski definition) is 6. The summed E-state index contributed by atoms with van der Waals surface area (Å²) in [6.07, 6.45) is 3.70. The van der Waals surface area contributed by atoms with Crippen LogP contribution in [0, 0.1) is 0 Å². The largest absolute Gasteiger partial charge is 0.493 e. The molecule has 2 aromatic carbocycles. The van der Waals surface area contributed by atoms with Gasteiger partial charge in [-0.25, -0.2) is 4.68 Å². The maximum absolute atomic E-state index is 12.1. The molecule has 0 atom stereocenters. The number of carbonyl (C=O) groups is 1. The standard InChI is InChI=1S/C21H17N3O3S2/c1-26-16-9-8-13(10-17(16)27-2)19-14(11-18-20(25)22-21(28)29-18)12-24(23-19)15-6-4-3-5-7-15/h3-12H,1-2H3,(H,22,25,28)/b18-11+. The van der Waals surface area contributed by atoms with Gasteiger partial charge in [-0.05, 0) is 36.4 Å². The fraction of sp³-hybridized carbons (Fsp3) is 0.0952. The van der Waals surface area contributed by atoms with Crippen molar-refractivity contribution in [2.75, 3.05) is 14.2 Å². The highest BCUT2D eigenvalue weighted by atomic mass is 32.2. The van der Waals surface area contributed by atoms with E-state index in [4.69, 9.17) is 26.8 Å². The molecule has 0 unspecified atom stereocenters. The van der Waals surface area contributed by atoms with Crippen LogP contribution < -0.4 is 14.8 Å². The Balaban J connectivity index is 1.86. The van der Waals surface area contributed by atoms with Gasteiger partial charge < -0.3 is 14.8 Å². The Bertz CT molecular complexity index is 1120. The second-order valence-electron chi connectivity index (χ2n) is 6.14. The molecule has 29 heavy (non-hydrogen) atoms. The molecule has 1 saturated heterocycles. The number of thiocarbonyl (C=S) groups is 1.